The zero-order chi connectivity index (χ0) is 24.7. The number of hydrogen-bond donors (Lipinski definition) is 0. The smallest absolute Gasteiger partial charge is 0.338 e. The van der Waals surface area contributed by atoms with E-state index in [0.717, 1.165) is 6.42 Å². The van der Waals surface area contributed by atoms with E-state index in [1.807, 2.05) is 29.2 Å². The van der Waals surface area contributed by atoms with Crippen LogP contribution in [0.4, 0.5) is 11.4 Å². The average molecular weight is 470 g/mol. The van der Waals surface area contributed by atoms with Crippen molar-refractivity contribution in [3.63, 3.8) is 0 Å². The van der Waals surface area contributed by atoms with E-state index in [9.17, 15) is 19.7 Å². The van der Waals surface area contributed by atoms with Gasteiger partial charge in [0.2, 0.25) is 0 Å². The van der Waals surface area contributed by atoms with Gasteiger partial charge in [-0.15, -0.1) is 0 Å². The second-order valence-corrected chi connectivity index (χ2v) is 8.22. The fourth-order valence-corrected chi connectivity index (χ4v) is 3.84. The first-order valence-electron chi connectivity index (χ1n) is 11.5. The highest BCUT2D eigenvalue weighted by molar-refractivity contribution is 5.91. The number of nitro groups is 1. The number of nitro benzene ring substituents is 1. The third kappa shape index (κ3) is 6.03. The molecule has 0 unspecified atom stereocenters. The molecule has 9 nitrogen and oxygen atoms in total. The highest BCUT2D eigenvalue weighted by atomic mass is 16.6. The Balaban J connectivity index is 1.56. The number of esters is 1. The molecule has 0 radical (unpaired) electrons. The fraction of sp³-hybridized carbons (Fsp3) is 0.440. The van der Waals surface area contributed by atoms with Crippen molar-refractivity contribution in [2.75, 3.05) is 44.3 Å². The quantitative estimate of drug-likeness (QED) is 0.311. The van der Waals surface area contributed by atoms with Gasteiger partial charge in [0.05, 0.1) is 17.1 Å². The lowest BCUT2D eigenvalue weighted by Crippen LogP contribution is -2.50. The molecular weight excluding hydrogens is 438 g/mol. The summed E-state index contributed by atoms with van der Waals surface area (Å²) in [6.07, 6.45) is 1.06. The molecule has 2 aromatic rings. The molecule has 1 aliphatic rings. The van der Waals surface area contributed by atoms with E-state index in [-0.39, 0.29) is 30.4 Å². The molecule has 1 saturated heterocycles. The molecule has 3 rings (SSSR count). The number of anilines is 1. The molecule has 34 heavy (non-hydrogen) atoms. The summed E-state index contributed by atoms with van der Waals surface area (Å²) in [5.41, 5.74) is 1.64. The van der Waals surface area contributed by atoms with Crippen LogP contribution in [0.3, 0.4) is 0 Å². The molecule has 1 atom stereocenters. The van der Waals surface area contributed by atoms with Crippen LogP contribution in [0.1, 0.15) is 49.0 Å². The van der Waals surface area contributed by atoms with Crippen molar-refractivity contribution in [1.82, 2.24) is 4.90 Å². The minimum atomic E-state index is -0.595. The van der Waals surface area contributed by atoms with Crippen LogP contribution in [-0.4, -0.2) is 61.1 Å². The summed E-state index contributed by atoms with van der Waals surface area (Å²) in [4.78, 5) is 39.2. The van der Waals surface area contributed by atoms with Crippen LogP contribution in [0.5, 0.6) is 5.75 Å². The van der Waals surface area contributed by atoms with E-state index in [0.29, 0.717) is 43.5 Å². The summed E-state index contributed by atoms with van der Waals surface area (Å²) in [7, 11) is 0. The molecule has 0 aromatic heterocycles. The Hall–Kier alpha value is -3.62. The van der Waals surface area contributed by atoms with Crippen LogP contribution in [0.25, 0.3) is 0 Å². The van der Waals surface area contributed by atoms with Gasteiger partial charge in [-0.05, 0) is 49.1 Å². The minimum Gasteiger partial charge on any atom is -0.484 e. The topological polar surface area (TPSA) is 102 Å². The normalized spacial score (nSPS) is 14.4. The Labute approximate surface area is 199 Å². The first-order valence-corrected chi connectivity index (χ1v) is 11.5. The lowest BCUT2D eigenvalue weighted by molar-refractivity contribution is -0.384. The van der Waals surface area contributed by atoms with E-state index < -0.39 is 10.9 Å². The van der Waals surface area contributed by atoms with Gasteiger partial charge in [0, 0.05) is 32.2 Å². The second-order valence-electron chi connectivity index (χ2n) is 8.22. The number of carbonyl (C=O) groups is 2. The van der Waals surface area contributed by atoms with Gasteiger partial charge >= 0.3 is 5.97 Å². The highest BCUT2D eigenvalue weighted by Gasteiger charge is 2.27. The predicted octanol–water partition coefficient (Wildman–Crippen LogP) is 4.01. The summed E-state index contributed by atoms with van der Waals surface area (Å²) in [5.74, 6) is 0.403. The number of nitrogens with zero attached hydrogens (tertiary/aromatic N) is 3. The summed E-state index contributed by atoms with van der Waals surface area (Å²) in [6.45, 7) is 7.85. The van der Waals surface area contributed by atoms with Crippen molar-refractivity contribution >= 4 is 23.3 Å². The molecule has 0 saturated carbocycles. The lowest BCUT2D eigenvalue weighted by atomic mass is 9.99. The maximum atomic E-state index is 12.6. The van der Waals surface area contributed by atoms with Crippen LogP contribution < -0.4 is 9.64 Å². The number of piperazine rings is 1. The number of amides is 1. The SMILES string of the molecule is CCOC(=O)c1ccc(N2CCN(C(=O)COc3ccc([C@@H](C)CC)cc3)CC2)c([N+](=O)[O-])c1. The van der Waals surface area contributed by atoms with Crippen molar-refractivity contribution in [3.05, 3.63) is 63.7 Å². The van der Waals surface area contributed by atoms with Gasteiger partial charge in [-0.1, -0.05) is 26.0 Å². The van der Waals surface area contributed by atoms with E-state index in [2.05, 4.69) is 13.8 Å². The molecule has 0 N–H and O–H groups in total. The molecule has 0 aliphatic carbocycles. The highest BCUT2D eigenvalue weighted by Crippen LogP contribution is 2.30. The van der Waals surface area contributed by atoms with Crippen molar-refractivity contribution in [3.8, 4) is 5.75 Å². The standard InChI is InChI=1S/C25H31N3O6/c1-4-18(3)19-6-9-21(10-7-19)34-17-24(29)27-14-12-26(13-15-27)22-11-8-20(25(30)33-5-2)16-23(22)28(31)32/h6-11,16,18H,4-5,12-15,17H2,1-3H3/t18-/m0/s1. The number of hydrogen-bond acceptors (Lipinski definition) is 7. The van der Waals surface area contributed by atoms with Crippen molar-refractivity contribution in [2.24, 2.45) is 0 Å². The average Bonchev–Trinajstić information content (AvgIpc) is 2.87. The Morgan fingerprint density at radius 3 is 2.32 bits per heavy atom. The van der Waals surface area contributed by atoms with Gasteiger partial charge in [0.25, 0.3) is 11.6 Å². The summed E-state index contributed by atoms with van der Waals surface area (Å²) in [5, 5.41) is 11.6. The van der Waals surface area contributed by atoms with Gasteiger partial charge < -0.3 is 19.3 Å². The summed E-state index contributed by atoms with van der Waals surface area (Å²) in [6, 6.07) is 12.1. The fourth-order valence-electron chi connectivity index (χ4n) is 3.84. The van der Waals surface area contributed by atoms with Gasteiger partial charge in [0.15, 0.2) is 6.61 Å². The van der Waals surface area contributed by atoms with Gasteiger partial charge in [0.1, 0.15) is 11.4 Å². The minimum absolute atomic E-state index is 0.0585. The maximum absolute atomic E-state index is 12.6. The number of rotatable bonds is 9. The second kappa shape index (κ2) is 11.5. The molecule has 1 aliphatic heterocycles. The Morgan fingerprint density at radius 1 is 1.06 bits per heavy atom. The van der Waals surface area contributed by atoms with Crippen LogP contribution in [0.2, 0.25) is 0 Å². The third-order valence-electron chi connectivity index (χ3n) is 6.08. The van der Waals surface area contributed by atoms with Crippen LogP contribution in [-0.2, 0) is 9.53 Å². The first-order chi connectivity index (χ1) is 16.3. The molecule has 1 fully saturated rings. The van der Waals surface area contributed by atoms with Crippen molar-refractivity contribution in [1.29, 1.82) is 0 Å². The molecule has 0 bridgehead atoms. The number of ether oxygens (including phenoxy) is 2. The summed E-state index contributed by atoms with van der Waals surface area (Å²) >= 11 is 0. The Bertz CT molecular complexity index is 1020. The maximum Gasteiger partial charge on any atom is 0.338 e. The molecule has 0 spiro atoms. The van der Waals surface area contributed by atoms with E-state index in [1.165, 1.54) is 17.7 Å². The van der Waals surface area contributed by atoms with Gasteiger partial charge in [-0.2, -0.15) is 0 Å². The van der Waals surface area contributed by atoms with Gasteiger partial charge in [-0.3, -0.25) is 14.9 Å². The molecule has 9 heteroatoms. The molecule has 182 valence electrons. The van der Waals surface area contributed by atoms with E-state index in [1.54, 1.807) is 17.9 Å². The summed E-state index contributed by atoms with van der Waals surface area (Å²) < 4.78 is 10.6. The zero-order valence-electron chi connectivity index (χ0n) is 19.9. The number of benzene rings is 2. The number of carbonyl (C=O) groups excluding carboxylic acids is 2. The van der Waals surface area contributed by atoms with Gasteiger partial charge in [-0.25, -0.2) is 4.79 Å². The van der Waals surface area contributed by atoms with Crippen LogP contribution >= 0.6 is 0 Å². The monoisotopic (exact) mass is 469 g/mol. The predicted molar refractivity (Wildman–Crippen MR) is 128 cm³/mol. The Kier molecular flexibility index (Phi) is 8.45. The molecule has 1 heterocycles. The zero-order valence-corrected chi connectivity index (χ0v) is 19.9. The van der Waals surface area contributed by atoms with Crippen LogP contribution in [0, 0.1) is 10.1 Å². The largest absolute Gasteiger partial charge is 0.484 e. The molecular formula is C25H31N3O6. The van der Waals surface area contributed by atoms with E-state index in [4.69, 9.17) is 9.47 Å². The van der Waals surface area contributed by atoms with E-state index >= 15 is 0 Å². The van der Waals surface area contributed by atoms with Crippen molar-refractivity contribution in [2.45, 2.75) is 33.1 Å². The third-order valence-corrected chi connectivity index (χ3v) is 6.08. The molecule has 1 amide bonds. The first kappa shape index (κ1) is 25.0. The van der Waals surface area contributed by atoms with Crippen LogP contribution in [0.15, 0.2) is 42.5 Å². The van der Waals surface area contributed by atoms with Crippen molar-refractivity contribution < 1.29 is 24.0 Å². The Morgan fingerprint density at radius 2 is 1.74 bits per heavy atom. The lowest BCUT2D eigenvalue weighted by Gasteiger charge is -2.35. The molecule has 2 aromatic carbocycles.